The zero-order chi connectivity index (χ0) is 14.9. The number of hydrogen-bond acceptors (Lipinski definition) is 3. The van der Waals surface area contributed by atoms with Gasteiger partial charge in [0.15, 0.2) is 6.10 Å². The predicted molar refractivity (Wildman–Crippen MR) is 90.6 cm³/mol. The quantitative estimate of drug-likeness (QED) is 0.693. The lowest BCUT2D eigenvalue weighted by atomic mass is 10.0. The van der Waals surface area contributed by atoms with Crippen molar-refractivity contribution < 1.29 is 4.84 Å². The molecule has 0 amide bonds. The minimum Gasteiger partial charge on any atom is -0.387 e. The molecule has 0 saturated carbocycles. The van der Waals surface area contributed by atoms with E-state index in [9.17, 15) is 0 Å². The topological polar surface area (TPSA) is 37.4 Å². The minimum absolute atomic E-state index is 0.0305. The zero-order valence-electron chi connectivity index (χ0n) is 11.8. The fraction of sp³-hybridized carbons (Fsp3) is 0.111. The van der Waals surface area contributed by atoms with Gasteiger partial charge < -0.3 is 9.82 Å². The van der Waals surface area contributed by atoms with Crippen LogP contribution in [0, 0.1) is 4.64 Å². The Hall–Kier alpha value is -2.46. The maximum Gasteiger partial charge on any atom is 0.158 e. The molecule has 3 nitrogen and oxygen atoms in total. The third-order valence-corrected chi connectivity index (χ3v) is 4.23. The van der Waals surface area contributed by atoms with Gasteiger partial charge in [-0.2, -0.15) is 0 Å². The third kappa shape index (κ3) is 2.31. The summed E-state index contributed by atoms with van der Waals surface area (Å²) in [4.78, 5) is 8.87. The van der Waals surface area contributed by atoms with E-state index < -0.39 is 0 Å². The number of aromatic nitrogens is 1. The molecule has 108 valence electrons. The standard InChI is InChI=1S/C18H14N2OS/c22-18-14(10-13-8-4-5-9-15(13)19-18)16-11-17(21-20-16)12-6-2-1-3-7-12/h1-10,17H,11H2,(H,19,22). The molecule has 1 aromatic heterocycles. The Morgan fingerprint density at radius 1 is 1.05 bits per heavy atom. The number of aromatic amines is 1. The van der Waals surface area contributed by atoms with Crippen LogP contribution in [0.2, 0.25) is 0 Å². The monoisotopic (exact) mass is 306 g/mol. The zero-order valence-corrected chi connectivity index (χ0v) is 12.6. The van der Waals surface area contributed by atoms with Crippen LogP contribution >= 0.6 is 12.2 Å². The van der Waals surface area contributed by atoms with Crippen molar-refractivity contribution in [2.45, 2.75) is 12.5 Å². The second kappa shape index (κ2) is 5.39. The van der Waals surface area contributed by atoms with E-state index in [0.717, 1.165) is 34.2 Å². The van der Waals surface area contributed by atoms with Gasteiger partial charge in [0.1, 0.15) is 4.64 Å². The van der Waals surface area contributed by atoms with E-state index in [-0.39, 0.29) is 6.10 Å². The SMILES string of the molecule is S=c1[nH]c2ccccc2cc1C1=NOC(c2ccccc2)C1. The average molecular weight is 306 g/mol. The van der Waals surface area contributed by atoms with E-state index in [1.807, 2.05) is 36.4 Å². The minimum atomic E-state index is -0.0305. The van der Waals surface area contributed by atoms with E-state index >= 15 is 0 Å². The largest absolute Gasteiger partial charge is 0.387 e. The molecule has 0 fully saturated rings. The molecule has 2 heterocycles. The molecule has 22 heavy (non-hydrogen) atoms. The molecule has 1 aliphatic heterocycles. The Kier molecular flexibility index (Phi) is 3.24. The number of nitrogens with one attached hydrogen (secondary N) is 1. The van der Waals surface area contributed by atoms with Crippen molar-refractivity contribution in [2.75, 3.05) is 0 Å². The molecule has 0 aliphatic carbocycles. The number of oxime groups is 1. The van der Waals surface area contributed by atoms with Crippen molar-refractivity contribution in [1.82, 2.24) is 4.98 Å². The first-order valence-corrected chi connectivity index (χ1v) is 7.62. The highest BCUT2D eigenvalue weighted by atomic mass is 32.1. The number of rotatable bonds is 2. The summed E-state index contributed by atoms with van der Waals surface area (Å²) in [5, 5.41) is 5.38. The van der Waals surface area contributed by atoms with Gasteiger partial charge in [0, 0.05) is 17.5 Å². The predicted octanol–water partition coefficient (Wildman–Crippen LogP) is 4.76. The van der Waals surface area contributed by atoms with E-state index in [4.69, 9.17) is 17.1 Å². The van der Waals surface area contributed by atoms with Crippen molar-refractivity contribution >= 4 is 28.8 Å². The van der Waals surface area contributed by atoms with Gasteiger partial charge in [-0.15, -0.1) is 0 Å². The van der Waals surface area contributed by atoms with Crippen LogP contribution in [0.1, 0.15) is 23.7 Å². The van der Waals surface area contributed by atoms with E-state index in [1.165, 1.54) is 0 Å². The summed E-state index contributed by atoms with van der Waals surface area (Å²) in [5.74, 6) is 0. The summed E-state index contributed by atoms with van der Waals surface area (Å²) < 4.78 is 0.703. The van der Waals surface area contributed by atoms with Crippen LogP contribution in [0.15, 0.2) is 65.8 Å². The van der Waals surface area contributed by atoms with Crippen molar-refractivity contribution in [3.05, 3.63) is 76.4 Å². The van der Waals surface area contributed by atoms with Crippen LogP contribution in [-0.4, -0.2) is 10.7 Å². The normalized spacial score (nSPS) is 17.3. The molecular weight excluding hydrogens is 292 g/mol. The molecule has 0 bridgehead atoms. The molecule has 0 saturated heterocycles. The Morgan fingerprint density at radius 3 is 2.68 bits per heavy atom. The number of benzene rings is 2. The van der Waals surface area contributed by atoms with Gasteiger partial charge in [-0.25, -0.2) is 0 Å². The number of fused-ring (bicyclic) bond motifs is 1. The lowest BCUT2D eigenvalue weighted by Crippen LogP contribution is -2.03. The summed E-state index contributed by atoms with van der Waals surface area (Å²) in [6.45, 7) is 0. The molecule has 4 rings (SSSR count). The van der Waals surface area contributed by atoms with Crippen molar-refractivity contribution in [3.8, 4) is 0 Å². The van der Waals surface area contributed by atoms with Crippen molar-refractivity contribution in [3.63, 3.8) is 0 Å². The van der Waals surface area contributed by atoms with Crippen LogP contribution in [0.5, 0.6) is 0 Å². The number of para-hydroxylation sites is 1. The summed E-state index contributed by atoms with van der Waals surface area (Å²) in [5.41, 5.74) is 4.03. The highest BCUT2D eigenvalue weighted by Gasteiger charge is 2.24. The second-order valence-corrected chi connectivity index (χ2v) is 5.75. The van der Waals surface area contributed by atoms with Crippen molar-refractivity contribution in [1.29, 1.82) is 0 Å². The van der Waals surface area contributed by atoms with E-state index in [0.29, 0.717) is 4.64 Å². The molecule has 1 atom stereocenters. The Balaban J connectivity index is 1.69. The molecule has 4 heteroatoms. The molecule has 1 aliphatic rings. The van der Waals surface area contributed by atoms with Gasteiger partial charge in [-0.3, -0.25) is 0 Å². The van der Waals surface area contributed by atoms with Crippen LogP contribution in [-0.2, 0) is 4.84 Å². The first-order valence-electron chi connectivity index (χ1n) is 7.21. The van der Waals surface area contributed by atoms with Gasteiger partial charge in [0.05, 0.1) is 5.71 Å². The summed E-state index contributed by atoms with van der Waals surface area (Å²) in [6.07, 6.45) is 0.705. The highest BCUT2D eigenvalue weighted by Crippen LogP contribution is 2.30. The summed E-state index contributed by atoms with van der Waals surface area (Å²) >= 11 is 5.48. The highest BCUT2D eigenvalue weighted by molar-refractivity contribution is 7.71. The Bertz CT molecular complexity index is 915. The molecule has 1 N–H and O–H groups in total. The number of H-pyrrole nitrogens is 1. The van der Waals surface area contributed by atoms with Crippen LogP contribution < -0.4 is 0 Å². The van der Waals surface area contributed by atoms with E-state index in [2.05, 4.69) is 34.4 Å². The Labute approximate surface area is 133 Å². The van der Waals surface area contributed by atoms with Crippen LogP contribution in [0.25, 0.3) is 10.9 Å². The molecule has 3 aromatic rings. The lowest BCUT2D eigenvalue weighted by molar-refractivity contribution is 0.0857. The fourth-order valence-electron chi connectivity index (χ4n) is 2.74. The maximum absolute atomic E-state index is 5.60. The lowest BCUT2D eigenvalue weighted by Gasteiger charge is -2.07. The van der Waals surface area contributed by atoms with Gasteiger partial charge in [-0.1, -0.05) is 65.9 Å². The molecule has 0 spiro atoms. The maximum atomic E-state index is 5.60. The number of nitrogens with zero attached hydrogens (tertiary/aromatic N) is 1. The third-order valence-electron chi connectivity index (χ3n) is 3.90. The van der Waals surface area contributed by atoms with Crippen LogP contribution in [0.3, 0.4) is 0 Å². The smallest absolute Gasteiger partial charge is 0.158 e. The molecule has 1 unspecified atom stereocenters. The Morgan fingerprint density at radius 2 is 1.82 bits per heavy atom. The van der Waals surface area contributed by atoms with Gasteiger partial charge in [0.2, 0.25) is 0 Å². The van der Waals surface area contributed by atoms with E-state index in [1.54, 1.807) is 0 Å². The average Bonchev–Trinajstić information content (AvgIpc) is 3.05. The molecule has 0 radical (unpaired) electrons. The molecular formula is C18H14N2OS. The van der Waals surface area contributed by atoms with Gasteiger partial charge in [0.25, 0.3) is 0 Å². The first-order chi connectivity index (χ1) is 10.8. The van der Waals surface area contributed by atoms with Gasteiger partial charge in [-0.05, 0) is 23.1 Å². The van der Waals surface area contributed by atoms with Crippen LogP contribution in [0.4, 0.5) is 0 Å². The first kappa shape index (κ1) is 13.2. The van der Waals surface area contributed by atoms with Gasteiger partial charge >= 0.3 is 0 Å². The molecule has 2 aromatic carbocycles. The number of pyridine rings is 1. The van der Waals surface area contributed by atoms with Crippen molar-refractivity contribution in [2.24, 2.45) is 5.16 Å². The fourth-order valence-corrected chi connectivity index (χ4v) is 3.03. The number of hydrogen-bond donors (Lipinski definition) is 1. The summed E-state index contributed by atoms with van der Waals surface area (Å²) in [6, 6.07) is 20.3. The summed E-state index contributed by atoms with van der Waals surface area (Å²) in [7, 11) is 0. The second-order valence-electron chi connectivity index (χ2n) is 5.35.